The SMILES string of the molecule is Cc1cc(C#N)cc(C)c1Oc1nc(Nc2ccc(C#N)cc2)nc2ccccc12. The Morgan fingerprint density at radius 2 is 1.50 bits per heavy atom. The molecule has 0 atom stereocenters. The standard InChI is InChI=1S/C24H17N5O/c1-15-11-18(14-26)12-16(2)22(15)30-23-20-5-3-4-6-21(20)28-24(29-23)27-19-9-7-17(13-25)8-10-19/h3-12H,1-2H3,(H,27,28,29). The molecule has 6 nitrogen and oxygen atoms in total. The molecule has 0 radical (unpaired) electrons. The van der Waals surface area contributed by atoms with Gasteiger partial charge in [0, 0.05) is 5.69 Å². The molecule has 0 spiro atoms. The van der Waals surface area contributed by atoms with E-state index in [1.54, 1.807) is 36.4 Å². The van der Waals surface area contributed by atoms with Crippen LogP contribution in [0.25, 0.3) is 10.9 Å². The Balaban J connectivity index is 1.76. The molecule has 4 aromatic rings. The highest BCUT2D eigenvalue weighted by Gasteiger charge is 2.14. The van der Waals surface area contributed by atoms with Gasteiger partial charge in [-0.05, 0) is 73.5 Å². The average Bonchev–Trinajstić information content (AvgIpc) is 2.76. The maximum atomic E-state index is 9.18. The summed E-state index contributed by atoms with van der Waals surface area (Å²) in [5.41, 5.74) is 4.39. The van der Waals surface area contributed by atoms with Gasteiger partial charge in [0.05, 0.1) is 34.2 Å². The van der Waals surface area contributed by atoms with E-state index in [0.29, 0.717) is 28.7 Å². The average molecular weight is 391 g/mol. The zero-order valence-corrected chi connectivity index (χ0v) is 16.5. The first-order chi connectivity index (χ1) is 14.6. The molecule has 4 rings (SSSR count). The van der Waals surface area contributed by atoms with E-state index in [2.05, 4.69) is 27.4 Å². The van der Waals surface area contributed by atoms with E-state index in [1.807, 2.05) is 38.1 Å². The highest BCUT2D eigenvalue weighted by atomic mass is 16.5. The van der Waals surface area contributed by atoms with Gasteiger partial charge in [-0.2, -0.15) is 15.5 Å². The molecule has 6 heteroatoms. The minimum absolute atomic E-state index is 0.386. The maximum Gasteiger partial charge on any atom is 0.232 e. The summed E-state index contributed by atoms with van der Waals surface area (Å²) < 4.78 is 6.22. The molecule has 0 fully saturated rings. The van der Waals surface area contributed by atoms with Crippen molar-refractivity contribution in [1.29, 1.82) is 10.5 Å². The lowest BCUT2D eigenvalue weighted by Crippen LogP contribution is -2.01. The third kappa shape index (κ3) is 3.76. The molecule has 144 valence electrons. The highest BCUT2D eigenvalue weighted by Crippen LogP contribution is 2.33. The molecule has 0 aliphatic heterocycles. The molecule has 1 aromatic heterocycles. The molecule has 0 aliphatic rings. The number of nitrogens with one attached hydrogen (secondary N) is 1. The minimum atomic E-state index is 0.386. The number of ether oxygens (including phenoxy) is 1. The van der Waals surface area contributed by atoms with Gasteiger partial charge in [-0.25, -0.2) is 4.98 Å². The second kappa shape index (κ2) is 7.90. The van der Waals surface area contributed by atoms with Crippen molar-refractivity contribution >= 4 is 22.5 Å². The van der Waals surface area contributed by atoms with Gasteiger partial charge >= 0.3 is 0 Å². The summed E-state index contributed by atoms with van der Waals surface area (Å²) in [7, 11) is 0. The summed E-state index contributed by atoms with van der Waals surface area (Å²) in [6, 6.07) is 22.5. The van der Waals surface area contributed by atoms with Crippen LogP contribution in [0, 0.1) is 36.5 Å². The van der Waals surface area contributed by atoms with Crippen molar-refractivity contribution in [3.8, 4) is 23.8 Å². The Kier molecular flexibility index (Phi) is 4.99. The van der Waals surface area contributed by atoms with Crippen molar-refractivity contribution < 1.29 is 4.74 Å². The van der Waals surface area contributed by atoms with Crippen molar-refractivity contribution in [1.82, 2.24) is 9.97 Å². The van der Waals surface area contributed by atoms with Gasteiger partial charge in [-0.15, -0.1) is 0 Å². The molecule has 0 saturated heterocycles. The maximum absolute atomic E-state index is 9.18. The summed E-state index contributed by atoms with van der Waals surface area (Å²) in [5.74, 6) is 1.48. The number of aryl methyl sites for hydroxylation is 2. The van der Waals surface area contributed by atoms with Gasteiger partial charge in [-0.1, -0.05) is 12.1 Å². The second-order valence-electron chi connectivity index (χ2n) is 6.84. The second-order valence-corrected chi connectivity index (χ2v) is 6.84. The number of para-hydroxylation sites is 1. The van der Waals surface area contributed by atoms with E-state index in [0.717, 1.165) is 27.7 Å². The molecule has 0 unspecified atom stereocenters. The first-order valence-electron chi connectivity index (χ1n) is 9.30. The van der Waals surface area contributed by atoms with Crippen LogP contribution in [0.3, 0.4) is 0 Å². The van der Waals surface area contributed by atoms with E-state index >= 15 is 0 Å². The summed E-state index contributed by atoms with van der Waals surface area (Å²) in [6.07, 6.45) is 0. The van der Waals surface area contributed by atoms with Crippen molar-refractivity contribution in [2.75, 3.05) is 5.32 Å². The molecule has 0 bridgehead atoms. The fourth-order valence-electron chi connectivity index (χ4n) is 3.21. The normalized spacial score (nSPS) is 10.3. The number of rotatable bonds is 4. The minimum Gasteiger partial charge on any atom is -0.438 e. The van der Waals surface area contributed by atoms with Gasteiger partial charge in [0.1, 0.15) is 5.75 Å². The molecule has 1 heterocycles. The molecule has 0 amide bonds. The van der Waals surface area contributed by atoms with Crippen LogP contribution in [0.1, 0.15) is 22.3 Å². The van der Waals surface area contributed by atoms with Gasteiger partial charge in [0.15, 0.2) is 0 Å². The Hall–Kier alpha value is -4.42. The topological polar surface area (TPSA) is 94.6 Å². The zero-order chi connectivity index (χ0) is 21.1. The number of nitriles is 2. The molecular formula is C24H17N5O. The number of benzene rings is 3. The number of anilines is 2. The predicted octanol–water partition coefficient (Wildman–Crippen LogP) is 5.53. The van der Waals surface area contributed by atoms with Crippen molar-refractivity contribution in [2.45, 2.75) is 13.8 Å². The molecule has 0 aliphatic carbocycles. The van der Waals surface area contributed by atoms with Crippen LogP contribution in [0.5, 0.6) is 11.6 Å². The Labute approximate surface area is 174 Å². The third-order valence-corrected chi connectivity index (χ3v) is 4.63. The number of aromatic nitrogens is 2. The molecule has 3 aromatic carbocycles. The zero-order valence-electron chi connectivity index (χ0n) is 16.5. The largest absolute Gasteiger partial charge is 0.438 e. The lowest BCUT2D eigenvalue weighted by molar-refractivity contribution is 0.462. The van der Waals surface area contributed by atoms with E-state index in [1.165, 1.54) is 0 Å². The fourth-order valence-corrected chi connectivity index (χ4v) is 3.21. The smallest absolute Gasteiger partial charge is 0.232 e. The molecule has 0 saturated carbocycles. The number of hydrogen-bond acceptors (Lipinski definition) is 6. The van der Waals surface area contributed by atoms with Gasteiger partial charge < -0.3 is 10.1 Å². The van der Waals surface area contributed by atoms with Gasteiger partial charge in [-0.3, -0.25) is 0 Å². The van der Waals surface area contributed by atoms with Crippen LogP contribution in [-0.2, 0) is 0 Å². The fraction of sp³-hybridized carbons (Fsp3) is 0.0833. The van der Waals surface area contributed by atoms with Crippen LogP contribution in [-0.4, -0.2) is 9.97 Å². The summed E-state index contributed by atoms with van der Waals surface area (Å²) in [5, 5.41) is 22.1. The van der Waals surface area contributed by atoms with Crippen LogP contribution < -0.4 is 10.1 Å². The summed E-state index contributed by atoms with van der Waals surface area (Å²) in [6.45, 7) is 3.81. The van der Waals surface area contributed by atoms with Crippen molar-refractivity contribution in [2.24, 2.45) is 0 Å². The monoisotopic (exact) mass is 391 g/mol. The first kappa shape index (κ1) is 18.9. The Bertz CT molecular complexity index is 1310. The number of nitrogens with zero attached hydrogens (tertiary/aromatic N) is 4. The quantitative estimate of drug-likeness (QED) is 0.492. The predicted molar refractivity (Wildman–Crippen MR) is 115 cm³/mol. The van der Waals surface area contributed by atoms with Gasteiger partial charge in [0.25, 0.3) is 0 Å². The number of fused-ring (bicyclic) bond motifs is 1. The van der Waals surface area contributed by atoms with Gasteiger partial charge in [0.2, 0.25) is 11.8 Å². The molecule has 1 N–H and O–H groups in total. The van der Waals surface area contributed by atoms with E-state index in [4.69, 9.17) is 10.00 Å². The summed E-state index contributed by atoms with van der Waals surface area (Å²) in [4.78, 5) is 9.16. The van der Waals surface area contributed by atoms with E-state index in [9.17, 15) is 5.26 Å². The molecular weight excluding hydrogens is 374 g/mol. The number of hydrogen-bond donors (Lipinski definition) is 1. The Morgan fingerprint density at radius 1 is 0.833 bits per heavy atom. The van der Waals surface area contributed by atoms with Crippen molar-refractivity contribution in [3.63, 3.8) is 0 Å². The van der Waals surface area contributed by atoms with E-state index < -0.39 is 0 Å². The summed E-state index contributed by atoms with van der Waals surface area (Å²) >= 11 is 0. The Morgan fingerprint density at radius 3 is 2.17 bits per heavy atom. The molecule has 30 heavy (non-hydrogen) atoms. The van der Waals surface area contributed by atoms with Crippen molar-refractivity contribution in [3.05, 3.63) is 82.9 Å². The third-order valence-electron chi connectivity index (χ3n) is 4.63. The first-order valence-corrected chi connectivity index (χ1v) is 9.30. The highest BCUT2D eigenvalue weighted by molar-refractivity contribution is 5.85. The van der Waals surface area contributed by atoms with E-state index in [-0.39, 0.29) is 0 Å². The van der Waals surface area contributed by atoms with Crippen LogP contribution >= 0.6 is 0 Å². The van der Waals surface area contributed by atoms with Crippen LogP contribution in [0.15, 0.2) is 60.7 Å². The van der Waals surface area contributed by atoms with Crippen LogP contribution in [0.4, 0.5) is 11.6 Å². The van der Waals surface area contributed by atoms with Crippen LogP contribution in [0.2, 0.25) is 0 Å². The lowest BCUT2D eigenvalue weighted by atomic mass is 10.1. The lowest BCUT2D eigenvalue weighted by Gasteiger charge is -2.14.